The minimum atomic E-state index is -0.362. The van der Waals surface area contributed by atoms with Gasteiger partial charge in [-0.3, -0.25) is 0 Å². The summed E-state index contributed by atoms with van der Waals surface area (Å²) in [5.74, 6) is -0.122. The van der Waals surface area contributed by atoms with Crippen molar-refractivity contribution < 1.29 is 10.2 Å². The molecule has 1 aromatic carbocycles. The van der Waals surface area contributed by atoms with Crippen LogP contribution in [0, 0.1) is 0 Å². The number of hydrogen-bond donors (Lipinski definition) is 2. The molecule has 0 aliphatic rings. The molecule has 0 spiro atoms. The van der Waals surface area contributed by atoms with Crippen LogP contribution in [0.1, 0.15) is 58.9 Å². The average molecular weight is 314 g/mol. The summed E-state index contributed by atoms with van der Waals surface area (Å²) in [5, 5.41) is 19.8. The van der Waals surface area contributed by atoms with Crippen LogP contribution < -0.4 is 0 Å². The van der Waals surface area contributed by atoms with Crippen LogP contribution in [0.15, 0.2) is 54.2 Å². The fourth-order valence-electron chi connectivity index (χ4n) is 2.65. The number of benzene rings is 1. The minimum absolute atomic E-state index is 0.0424. The molecule has 1 aromatic rings. The van der Waals surface area contributed by atoms with Gasteiger partial charge in [-0.05, 0) is 52.5 Å². The molecule has 2 heteroatoms. The van der Waals surface area contributed by atoms with E-state index >= 15 is 0 Å². The molecule has 1 rings (SSSR count). The molecule has 0 amide bonds. The van der Waals surface area contributed by atoms with Gasteiger partial charge in [-0.25, -0.2) is 0 Å². The summed E-state index contributed by atoms with van der Waals surface area (Å²) in [6, 6.07) is 5.10. The molecule has 0 aliphatic heterocycles. The lowest BCUT2D eigenvalue weighted by molar-refractivity contribution is 0.387. The van der Waals surface area contributed by atoms with Crippen LogP contribution in [0.25, 0.3) is 0 Å². The van der Waals surface area contributed by atoms with Crippen molar-refractivity contribution in [1.82, 2.24) is 0 Å². The Morgan fingerprint density at radius 1 is 1.13 bits per heavy atom. The molecule has 0 aliphatic carbocycles. The van der Waals surface area contributed by atoms with Gasteiger partial charge in [0.05, 0.1) is 0 Å². The number of phenols is 2. The first-order valence-corrected chi connectivity index (χ1v) is 8.24. The number of rotatable bonds is 8. The number of hydrogen-bond acceptors (Lipinski definition) is 2. The fraction of sp³-hybridized carbons (Fsp3) is 0.429. The van der Waals surface area contributed by atoms with E-state index in [2.05, 4.69) is 39.5 Å². The molecule has 1 atom stereocenters. The fourth-order valence-corrected chi connectivity index (χ4v) is 2.65. The van der Waals surface area contributed by atoms with Gasteiger partial charge in [0.15, 0.2) is 11.5 Å². The Labute approximate surface area is 140 Å². The summed E-state index contributed by atoms with van der Waals surface area (Å²) in [5.41, 5.74) is 3.10. The van der Waals surface area contributed by atoms with Gasteiger partial charge < -0.3 is 10.2 Å². The lowest BCUT2D eigenvalue weighted by atomic mass is 9.78. The molecule has 126 valence electrons. The van der Waals surface area contributed by atoms with Crippen molar-refractivity contribution in [2.24, 2.45) is 0 Å². The second-order valence-corrected chi connectivity index (χ2v) is 6.70. The van der Waals surface area contributed by atoms with Crippen molar-refractivity contribution in [3.05, 3.63) is 59.7 Å². The van der Waals surface area contributed by atoms with E-state index in [1.807, 2.05) is 19.1 Å². The first-order valence-electron chi connectivity index (χ1n) is 8.24. The Morgan fingerprint density at radius 2 is 1.83 bits per heavy atom. The highest BCUT2D eigenvalue weighted by Gasteiger charge is 2.26. The normalized spacial score (nSPS) is 14.2. The van der Waals surface area contributed by atoms with Crippen LogP contribution >= 0.6 is 0 Å². The molecule has 0 radical (unpaired) electrons. The SMILES string of the molecule is C=CC(C)(CCC=C(C)CCC=C(C)C)c1cccc(O)c1O. The number of aromatic hydroxyl groups is 2. The Morgan fingerprint density at radius 3 is 2.43 bits per heavy atom. The first-order chi connectivity index (χ1) is 10.8. The Kier molecular flexibility index (Phi) is 7.15. The predicted octanol–water partition coefficient (Wildman–Crippen LogP) is 6.01. The van der Waals surface area contributed by atoms with Crippen LogP contribution in [0.5, 0.6) is 11.5 Å². The molecule has 2 N–H and O–H groups in total. The van der Waals surface area contributed by atoms with Gasteiger partial charge >= 0.3 is 0 Å². The maximum atomic E-state index is 10.1. The highest BCUT2D eigenvalue weighted by atomic mass is 16.3. The highest BCUT2D eigenvalue weighted by Crippen LogP contribution is 2.40. The summed E-state index contributed by atoms with van der Waals surface area (Å²) in [6.07, 6.45) is 10.3. The standard InChI is InChI=1S/C21H30O2/c1-6-21(5,18-13-8-14-19(22)20(18)23)15-9-12-17(4)11-7-10-16(2)3/h6,8,10,12-14,22-23H,1,7,9,11,15H2,2-5H3. The first kappa shape index (κ1) is 19.1. The molecule has 2 nitrogen and oxygen atoms in total. The molecule has 23 heavy (non-hydrogen) atoms. The van der Waals surface area contributed by atoms with Gasteiger partial charge in [-0.15, -0.1) is 6.58 Å². The quantitative estimate of drug-likeness (QED) is 0.455. The lowest BCUT2D eigenvalue weighted by Gasteiger charge is -2.27. The maximum Gasteiger partial charge on any atom is 0.161 e. The summed E-state index contributed by atoms with van der Waals surface area (Å²) in [4.78, 5) is 0. The third kappa shape index (κ3) is 5.63. The zero-order chi connectivity index (χ0) is 17.5. The van der Waals surface area contributed by atoms with Crippen LogP contribution in [-0.4, -0.2) is 10.2 Å². The van der Waals surface area contributed by atoms with E-state index in [0.29, 0.717) is 0 Å². The van der Waals surface area contributed by atoms with Crippen LogP contribution in [0.2, 0.25) is 0 Å². The molecule has 1 unspecified atom stereocenters. The predicted molar refractivity (Wildman–Crippen MR) is 99.0 cm³/mol. The minimum Gasteiger partial charge on any atom is -0.504 e. The Balaban J connectivity index is 2.74. The largest absolute Gasteiger partial charge is 0.504 e. The number of allylic oxidation sites excluding steroid dienone is 5. The van der Waals surface area contributed by atoms with Crippen LogP contribution in [0.4, 0.5) is 0 Å². The van der Waals surface area contributed by atoms with Crippen molar-refractivity contribution in [1.29, 1.82) is 0 Å². The second-order valence-electron chi connectivity index (χ2n) is 6.70. The third-order valence-corrected chi connectivity index (χ3v) is 4.33. The molecule has 0 bridgehead atoms. The van der Waals surface area contributed by atoms with Gasteiger partial charge in [-0.1, -0.05) is 48.4 Å². The molecule has 0 saturated carbocycles. The number of para-hydroxylation sites is 1. The molecule has 0 fully saturated rings. The van der Waals surface area contributed by atoms with Crippen molar-refractivity contribution in [2.45, 2.75) is 58.8 Å². The van der Waals surface area contributed by atoms with E-state index < -0.39 is 0 Å². The lowest BCUT2D eigenvalue weighted by Crippen LogP contribution is -2.18. The third-order valence-electron chi connectivity index (χ3n) is 4.33. The van der Waals surface area contributed by atoms with Crippen molar-refractivity contribution >= 4 is 0 Å². The molecular formula is C21H30O2. The molecule has 0 saturated heterocycles. The summed E-state index contributed by atoms with van der Waals surface area (Å²) < 4.78 is 0. The summed E-state index contributed by atoms with van der Waals surface area (Å²) in [6.45, 7) is 12.4. The van der Waals surface area contributed by atoms with E-state index in [9.17, 15) is 10.2 Å². The maximum absolute atomic E-state index is 10.1. The highest BCUT2D eigenvalue weighted by molar-refractivity contribution is 5.49. The van der Waals surface area contributed by atoms with Crippen LogP contribution in [0.3, 0.4) is 0 Å². The van der Waals surface area contributed by atoms with Gasteiger partial charge in [0.25, 0.3) is 0 Å². The molecule has 0 aromatic heterocycles. The van der Waals surface area contributed by atoms with E-state index in [1.54, 1.807) is 6.07 Å². The molecule has 0 heterocycles. The van der Waals surface area contributed by atoms with Crippen molar-refractivity contribution in [3.63, 3.8) is 0 Å². The van der Waals surface area contributed by atoms with Crippen molar-refractivity contribution in [3.8, 4) is 11.5 Å². The van der Waals surface area contributed by atoms with Crippen LogP contribution in [-0.2, 0) is 5.41 Å². The van der Waals surface area contributed by atoms with Crippen molar-refractivity contribution in [2.75, 3.05) is 0 Å². The van der Waals surface area contributed by atoms with E-state index in [0.717, 1.165) is 31.2 Å². The van der Waals surface area contributed by atoms with Gasteiger partial charge in [0.1, 0.15) is 0 Å². The average Bonchev–Trinajstić information content (AvgIpc) is 2.49. The summed E-state index contributed by atoms with van der Waals surface area (Å²) in [7, 11) is 0. The second kappa shape index (κ2) is 8.61. The van der Waals surface area contributed by atoms with E-state index in [1.165, 1.54) is 17.2 Å². The molecular weight excluding hydrogens is 284 g/mol. The zero-order valence-electron chi connectivity index (χ0n) is 14.9. The zero-order valence-corrected chi connectivity index (χ0v) is 14.9. The van der Waals surface area contributed by atoms with Gasteiger partial charge in [0, 0.05) is 11.0 Å². The monoisotopic (exact) mass is 314 g/mol. The van der Waals surface area contributed by atoms with E-state index in [4.69, 9.17) is 0 Å². The summed E-state index contributed by atoms with van der Waals surface area (Å²) >= 11 is 0. The van der Waals surface area contributed by atoms with Gasteiger partial charge in [-0.2, -0.15) is 0 Å². The number of phenolic OH excluding ortho intramolecular Hbond substituents is 2. The Hall–Kier alpha value is -1.96. The Bertz CT molecular complexity index is 592. The smallest absolute Gasteiger partial charge is 0.161 e. The topological polar surface area (TPSA) is 40.5 Å². The van der Waals surface area contributed by atoms with Gasteiger partial charge in [0.2, 0.25) is 0 Å². The van der Waals surface area contributed by atoms with E-state index in [-0.39, 0.29) is 16.9 Å².